The molecule has 2 aromatic carbocycles. The van der Waals surface area contributed by atoms with Crippen LogP contribution in [0.15, 0.2) is 53.0 Å². The van der Waals surface area contributed by atoms with E-state index in [9.17, 15) is 14.4 Å². The fourth-order valence-corrected chi connectivity index (χ4v) is 4.06. The summed E-state index contributed by atoms with van der Waals surface area (Å²) in [7, 11) is 0. The van der Waals surface area contributed by atoms with E-state index >= 15 is 0 Å². The average Bonchev–Trinajstić information content (AvgIpc) is 2.80. The third-order valence-corrected chi connectivity index (χ3v) is 5.95. The van der Waals surface area contributed by atoms with E-state index in [1.54, 1.807) is 0 Å². The van der Waals surface area contributed by atoms with E-state index in [1.165, 1.54) is 4.90 Å². The Kier molecular flexibility index (Phi) is 8.88. The van der Waals surface area contributed by atoms with Gasteiger partial charge in [-0.2, -0.15) is 0 Å². The van der Waals surface area contributed by atoms with Crippen molar-refractivity contribution in [3.63, 3.8) is 0 Å². The number of carbonyl (C=O) groups excluding carboxylic acids is 3. The summed E-state index contributed by atoms with van der Waals surface area (Å²) in [4.78, 5) is 39.1. The van der Waals surface area contributed by atoms with E-state index in [4.69, 9.17) is 9.47 Å². The van der Waals surface area contributed by atoms with Crippen LogP contribution in [0.5, 0.6) is 5.75 Å². The highest BCUT2D eigenvalue weighted by Gasteiger charge is 2.35. The topological polar surface area (TPSA) is 84.9 Å². The Balaban J connectivity index is 1.57. The average molecular weight is 517 g/mol. The van der Waals surface area contributed by atoms with Crippen molar-refractivity contribution in [2.45, 2.75) is 38.6 Å². The molecule has 1 aliphatic rings. The summed E-state index contributed by atoms with van der Waals surface area (Å²) < 4.78 is 12.1. The lowest BCUT2D eigenvalue weighted by molar-refractivity contribution is -0.152. The molecule has 0 bridgehead atoms. The van der Waals surface area contributed by atoms with Crippen molar-refractivity contribution in [1.29, 1.82) is 0 Å². The third kappa shape index (κ3) is 7.05. The first-order valence-electron chi connectivity index (χ1n) is 11.0. The van der Waals surface area contributed by atoms with Crippen molar-refractivity contribution >= 4 is 33.7 Å². The van der Waals surface area contributed by atoms with Gasteiger partial charge in [-0.25, -0.2) is 0 Å². The van der Waals surface area contributed by atoms with Crippen LogP contribution in [0, 0.1) is 0 Å². The minimum Gasteiger partial charge on any atom is -0.483 e. The van der Waals surface area contributed by atoms with Crippen molar-refractivity contribution in [2.75, 3.05) is 26.3 Å². The predicted molar refractivity (Wildman–Crippen MR) is 128 cm³/mol. The van der Waals surface area contributed by atoms with Gasteiger partial charge in [0.2, 0.25) is 5.91 Å². The van der Waals surface area contributed by atoms with Crippen LogP contribution in [0.25, 0.3) is 0 Å². The summed E-state index contributed by atoms with van der Waals surface area (Å²) in [6.45, 7) is 4.74. The number of hydrogen-bond donors (Lipinski definition) is 1. The Morgan fingerprint density at radius 2 is 1.94 bits per heavy atom. The number of benzene rings is 2. The molecule has 176 valence electrons. The molecule has 1 fully saturated rings. The van der Waals surface area contributed by atoms with Crippen LogP contribution >= 0.6 is 15.9 Å². The van der Waals surface area contributed by atoms with E-state index in [2.05, 4.69) is 21.2 Å². The fraction of sp³-hybridized carbons (Fsp3) is 0.400. The number of nitrogens with one attached hydrogen (secondary N) is 1. The van der Waals surface area contributed by atoms with Gasteiger partial charge in [0.05, 0.1) is 13.0 Å². The molecule has 1 N–H and O–H groups in total. The van der Waals surface area contributed by atoms with Gasteiger partial charge in [0, 0.05) is 24.0 Å². The van der Waals surface area contributed by atoms with E-state index in [-0.39, 0.29) is 37.4 Å². The minimum absolute atomic E-state index is 0.193. The summed E-state index contributed by atoms with van der Waals surface area (Å²) in [5.74, 6) is -0.376. The summed E-state index contributed by atoms with van der Waals surface area (Å²) in [5, 5.41) is 2.72. The number of esters is 1. The number of rotatable bonds is 9. The number of hydrogen-bond acceptors (Lipinski definition) is 5. The molecule has 1 atom stereocenters. The van der Waals surface area contributed by atoms with E-state index in [0.717, 1.165) is 15.6 Å². The summed E-state index contributed by atoms with van der Waals surface area (Å²) >= 11 is 3.46. The Labute approximate surface area is 202 Å². The van der Waals surface area contributed by atoms with Crippen molar-refractivity contribution in [3.05, 3.63) is 64.1 Å². The first-order valence-corrected chi connectivity index (χ1v) is 11.8. The first-order chi connectivity index (χ1) is 15.8. The number of piperazine rings is 1. The molecule has 7 nitrogen and oxygen atoms in total. The van der Waals surface area contributed by atoms with Crippen LogP contribution in [-0.4, -0.2) is 55.0 Å². The summed E-state index contributed by atoms with van der Waals surface area (Å²) in [6.07, 6.45) is 0.396. The van der Waals surface area contributed by atoms with Gasteiger partial charge in [-0.3, -0.25) is 14.4 Å². The smallest absolute Gasteiger partial charge is 0.308 e. The second kappa shape index (κ2) is 11.8. The highest BCUT2D eigenvalue weighted by molar-refractivity contribution is 9.10. The van der Waals surface area contributed by atoms with Gasteiger partial charge < -0.3 is 19.7 Å². The molecule has 1 heterocycles. The minimum atomic E-state index is -0.909. The number of nitrogens with zero attached hydrogens (tertiary/aromatic N) is 1. The molecule has 1 unspecified atom stereocenters. The molecule has 2 aromatic rings. The SMILES string of the molecule is CC(C)c1cc(Br)ccc1OCC(=O)N1CCNC(=O)C1CC(=O)OCCc1ccccc1. The third-order valence-electron chi connectivity index (χ3n) is 5.45. The van der Waals surface area contributed by atoms with Crippen LogP contribution in [-0.2, 0) is 25.5 Å². The zero-order chi connectivity index (χ0) is 23.8. The Morgan fingerprint density at radius 3 is 2.67 bits per heavy atom. The molecule has 2 amide bonds. The zero-order valence-electron chi connectivity index (χ0n) is 18.9. The lowest BCUT2D eigenvalue weighted by Crippen LogP contribution is -2.58. The molecular weight excluding hydrogens is 488 g/mol. The van der Waals surface area contributed by atoms with Crippen molar-refractivity contribution < 1.29 is 23.9 Å². The van der Waals surface area contributed by atoms with Crippen LogP contribution < -0.4 is 10.1 Å². The molecule has 0 saturated carbocycles. The quantitative estimate of drug-likeness (QED) is 0.516. The Morgan fingerprint density at radius 1 is 1.18 bits per heavy atom. The summed E-state index contributed by atoms with van der Waals surface area (Å²) in [6, 6.07) is 14.4. The van der Waals surface area contributed by atoms with Gasteiger partial charge >= 0.3 is 5.97 Å². The van der Waals surface area contributed by atoms with Crippen LogP contribution in [0.3, 0.4) is 0 Å². The molecular formula is C25H29BrN2O5. The van der Waals surface area contributed by atoms with E-state index in [1.807, 2.05) is 62.4 Å². The normalized spacial score (nSPS) is 15.8. The van der Waals surface area contributed by atoms with Gasteiger partial charge in [-0.1, -0.05) is 60.1 Å². The largest absolute Gasteiger partial charge is 0.483 e. The molecule has 1 saturated heterocycles. The lowest BCUT2D eigenvalue weighted by Gasteiger charge is -2.34. The maximum absolute atomic E-state index is 12.9. The van der Waals surface area contributed by atoms with Gasteiger partial charge in [-0.15, -0.1) is 0 Å². The van der Waals surface area contributed by atoms with Gasteiger partial charge in [-0.05, 0) is 35.2 Å². The maximum Gasteiger partial charge on any atom is 0.308 e. The fourth-order valence-electron chi connectivity index (χ4n) is 3.68. The predicted octanol–water partition coefficient (Wildman–Crippen LogP) is 3.45. The van der Waals surface area contributed by atoms with Gasteiger partial charge in [0.15, 0.2) is 6.61 Å². The molecule has 0 radical (unpaired) electrons. The van der Waals surface area contributed by atoms with Crippen molar-refractivity contribution in [1.82, 2.24) is 10.2 Å². The molecule has 1 aliphatic heterocycles. The standard InChI is InChI=1S/C25H29BrN2O5/c1-17(2)20-14-19(26)8-9-22(20)33-16-23(29)28-12-11-27-25(31)21(28)15-24(30)32-13-10-18-6-4-3-5-7-18/h3-9,14,17,21H,10-13,15-16H2,1-2H3,(H,27,31). The Hall–Kier alpha value is -2.87. The molecule has 0 aromatic heterocycles. The highest BCUT2D eigenvalue weighted by atomic mass is 79.9. The molecule has 33 heavy (non-hydrogen) atoms. The van der Waals surface area contributed by atoms with E-state index in [0.29, 0.717) is 25.3 Å². The lowest BCUT2D eigenvalue weighted by atomic mass is 10.0. The molecule has 0 spiro atoms. The van der Waals surface area contributed by atoms with Crippen molar-refractivity contribution in [3.8, 4) is 5.75 Å². The highest BCUT2D eigenvalue weighted by Crippen LogP contribution is 2.29. The monoisotopic (exact) mass is 516 g/mol. The van der Waals surface area contributed by atoms with Gasteiger partial charge in [0.25, 0.3) is 5.91 Å². The maximum atomic E-state index is 12.9. The molecule has 8 heteroatoms. The second-order valence-electron chi connectivity index (χ2n) is 8.18. The summed E-state index contributed by atoms with van der Waals surface area (Å²) in [5.41, 5.74) is 2.04. The van der Waals surface area contributed by atoms with Gasteiger partial charge in [0.1, 0.15) is 11.8 Å². The number of halogens is 1. The number of ether oxygens (including phenoxy) is 2. The molecule has 0 aliphatic carbocycles. The second-order valence-corrected chi connectivity index (χ2v) is 9.10. The Bertz CT molecular complexity index is 980. The first kappa shape index (κ1) is 24.8. The van der Waals surface area contributed by atoms with Crippen LogP contribution in [0.1, 0.15) is 37.3 Å². The number of carbonyl (C=O) groups is 3. The van der Waals surface area contributed by atoms with E-state index < -0.39 is 12.0 Å². The van der Waals surface area contributed by atoms with Crippen LogP contribution in [0.4, 0.5) is 0 Å². The number of amides is 2. The van der Waals surface area contributed by atoms with Crippen LogP contribution in [0.2, 0.25) is 0 Å². The van der Waals surface area contributed by atoms with Crippen molar-refractivity contribution in [2.24, 2.45) is 0 Å². The zero-order valence-corrected chi connectivity index (χ0v) is 20.5. The molecule has 3 rings (SSSR count).